The van der Waals surface area contributed by atoms with E-state index in [0.717, 1.165) is 44.7 Å². The number of nitrogens with zero attached hydrogens (tertiary/aromatic N) is 3. The summed E-state index contributed by atoms with van der Waals surface area (Å²) in [7, 11) is 2.24. The molecule has 0 unspecified atom stereocenters. The predicted octanol–water partition coefficient (Wildman–Crippen LogP) is 3.06. The number of amides is 1. The summed E-state index contributed by atoms with van der Waals surface area (Å²) in [6.45, 7) is 5.84. The van der Waals surface area contributed by atoms with Crippen molar-refractivity contribution in [3.8, 4) is 0 Å². The summed E-state index contributed by atoms with van der Waals surface area (Å²) in [5, 5.41) is 0. The molecule has 1 atom stereocenters. The summed E-state index contributed by atoms with van der Waals surface area (Å²) in [5.41, 5.74) is 3.20. The highest BCUT2D eigenvalue weighted by Gasteiger charge is 2.42. The maximum Gasteiger partial charge on any atom is 0.274 e. The van der Waals surface area contributed by atoms with E-state index in [1.807, 2.05) is 11.8 Å². The Morgan fingerprint density at radius 2 is 1.96 bits per heavy atom. The average molecular weight is 352 g/mol. The zero-order valence-electron chi connectivity index (χ0n) is 15.7. The Morgan fingerprint density at radius 3 is 2.62 bits per heavy atom. The van der Waals surface area contributed by atoms with Gasteiger partial charge in [-0.25, -0.2) is 4.98 Å². The highest BCUT2D eigenvalue weighted by molar-refractivity contribution is 5.93. The summed E-state index contributed by atoms with van der Waals surface area (Å²) >= 11 is 0. The molecule has 3 heterocycles. The van der Waals surface area contributed by atoms with Crippen LogP contribution >= 0.6 is 0 Å². The molecule has 1 aromatic carbocycles. The van der Waals surface area contributed by atoms with Gasteiger partial charge in [-0.05, 0) is 50.1 Å². The second-order valence-corrected chi connectivity index (χ2v) is 8.18. The van der Waals surface area contributed by atoms with Crippen molar-refractivity contribution in [3.05, 3.63) is 53.6 Å². The Kier molecular flexibility index (Phi) is 4.57. The van der Waals surface area contributed by atoms with Gasteiger partial charge in [0.2, 0.25) is 0 Å². The number of carbonyl (C=O) groups is 1. The first-order valence-electron chi connectivity index (χ1n) is 9.59. The maximum atomic E-state index is 12.7. The van der Waals surface area contributed by atoms with E-state index in [1.165, 1.54) is 12.0 Å². The van der Waals surface area contributed by atoms with Crippen LogP contribution in [0.3, 0.4) is 0 Å². The average Bonchev–Trinajstić information content (AvgIpc) is 3.08. The number of H-pyrrole nitrogens is 1. The Balaban J connectivity index is 1.45. The van der Waals surface area contributed by atoms with Crippen LogP contribution in [-0.4, -0.2) is 58.9 Å². The smallest absolute Gasteiger partial charge is 0.274 e. The molecule has 0 saturated carbocycles. The fraction of sp³-hybridized carbons (Fsp3) is 0.524. The zero-order valence-corrected chi connectivity index (χ0v) is 15.7. The van der Waals surface area contributed by atoms with Gasteiger partial charge in [-0.3, -0.25) is 4.79 Å². The molecule has 0 aliphatic carbocycles. The highest BCUT2D eigenvalue weighted by atomic mass is 16.2. The van der Waals surface area contributed by atoms with E-state index in [9.17, 15) is 4.79 Å². The molecular weight excluding hydrogens is 324 g/mol. The molecule has 0 radical (unpaired) electrons. The van der Waals surface area contributed by atoms with Gasteiger partial charge < -0.3 is 14.8 Å². The number of carbonyl (C=O) groups excluding carboxylic acids is 1. The van der Waals surface area contributed by atoms with E-state index in [1.54, 1.807) is 6.33 Å². The van der Waals surface area contributed by atoms with E-state index in [4.69, 9.17) is 0 Å². The number of likely N-dealkylation sites (N-methyl/N-ethyl adjacent to an activating group) is 1. The van der Waals surface area contributed by atoms with Gasteiger partial charge in [-0.2, -0.15) is 0 Å². The number of hydrogen-bond acceptors (Lipinski definition) is 3. The third kappa shape index (κ3) is 3.28. The van der Waals surface area contributed by atoms with Crippen molar-refractivity contribution < 1.29 is 4.79 Å². The van der Waals surface area contributed by atoms with E-state index in [0.29, 0.717) is 17.0 Å². The Labute approximate surface area is 155 Å². The number of piperidine rings is 2. The normalized spacial score (nSPS) is 23.3. The highest BCUT2D eigenvalue weighted by Crippen LogP contribution is 2.44. The fourth-order valence-corrected chi connectivity index (χ4v) is 4.88. The molecule has 26 heavy (non-hydrogen) atoms. The number of nitrogens with one attached hydrogen (secondary N) is 1. The minimum atomic E-state index is 0.0716. The van der Waals surface area contributed by atoms with E-state index in [-0.39, 0.29) is 5.91 Å². The molecule has 1 amide bonds. The molecule has 2 fully saturated rings. The number of rotatable bonds is 2. The molecule has 5 heteroatoms. The predicted molar refractivity (Wildman–Crippen MR) is 102 cm³/mol. The topological polar surface area (TPSA) is 52.2 Å². The number of benzene rings is 1. The number of likely N-dealkylation sites (tertiary alicyclic amines) is 2. The SMILES string of the molecule is Cc1[nH]cnc1C(=O)N1CCC2(CC1)C[C@@H](c1ccccc1)CN(C)C2. The second-order valence-electron chi connectivity index (χ2n) is 8.18. The number of imidazole rings is 1. The lowest BCUT2D eigenvalue weighted by atomic mass is 9.68. The van der Waals surface area contributed by atoms with Crippen LogP contribution in [0.2, 0.25) is 0 Å². The van der Waals surface area contributed by atoms with Gasteiger partial charge in [0.25, 0.3) is 5.91 Å². The summed E-state index contributed by atoms with van der Waals surface area (Å²) in [5.74, 6) is 0.660. The van der Waals surface area contributed by atoms with Crippen molar-refractivity contribution in [1.82, 2.24) is 19.8 Å². The number of hydrogen-bond donors (Lipinski definition) is 1. The molecule has 138 valence electrons. The lowest BCUT2D eigenvalue weighted by Crippen LogP contribution is -2.51. The summed E-state index contributed by atoms with van der Waals surface area (Å²) in [6, 6.07) is 10.9. The third-order valence-corrected chi connectivity index (χ3v) is 6.23. The second kappa shape index (κ2) is 6.88. The van der Waals surface area contributed by atoms with Gasteiger partial charge in [-0.15, -0.1) is 0 Å². The molecule has 1 aromatic heterocycles. The number of aromatic nitrogens is 2. The van der Waals surface area contributed by atoms with Crippen molar-refractivity contribution in [2.45, 2.75) is 32.1 Å². The molecule has 2 aliphatic rings. The van der Waals surface area contributed by atoms with Crippen molar-refractivity contribution in [1.29, 1.82) is 0 Å². The van der Waals surface area contributed by atoms with Crippen molar-refractivity contribution in [2.75, 3.05) is 33.2 Å². The maximum absolute atomic E-state index is 12.7. The van der Waals surface area contributed by atoms with Crippen LogP contribution in [0.15, 0.2) is 36.7 Å². The van der Waals surface area contributed by atoms with Gasteiger partial charge in [0.05, 0.1) is 6.33 Å². The van der Waals surface area contributed by atoms with Crippen LogP contribution in [0.4, 0.5) is 0 Å². The summed E-state index contributed by atoms with van der Waals surface area (Å²) in [6.07, 6.45) is 4.99. The van der Waals surface area contributed by atoms with Gasteiger partial charge in [0, 0.05) is 31.9 Å². The molecule has 0 bridgehead atoms. The van der Waals surface area contributed by atoms with Gasteiger partial charge in [-0.1, -0.05) is 30.3 Å². The van der Waals surface area contributed by atoms with Crippen LogP contribution in [0.5, 0.6) is 0 Å². The minimum Gasteiger partial charge on any atom is -0.348 e. The molecule has 1 N–H and O–H groups in total. The number of aryl methyl sites for hydroxylation is 1. The van der Waals surface area contributed by atoms with E-state index >= 15 is 0 Å². The lowest BCUT2D eigenvalue weighted by molar-refractivity contribution is 0.0222. The standard InChI is InChI=1S/C21H28N4O/c1-16-19(23-15-22-16)20(26)25-10-8-21(9-11-25)12-18(13-24(2)14-21)17-6-4-3-5-7-17/h3-7,15,18H,8-14H2,1-2H3,(H,22,23)/t18-/m1/s1. The molecular formula is C21H28N4O. The fourth-order valence-electron chi connectivity index (χ4n) is 4.88. The van der Waals surface area contributed by atoms with Crippen LogP contribution < -0.4 is 0 Å². The van der Waals surface area contributed by atoms with Crippen LogP contribution in [0.25, 0.3) is 0 Å². The van der Waals surface area contributed by atoms with E-state index in [2.05, 4.69) is 52.2 Å². The monoisotopic (exact) mass is 352 g/mol. The largest absolute Gasteiger partial charge is 0.348 e. The van der Waals surface area contributed by atoms with Crippen LogP contribution in [-0.2, 0) is 0 Å². The Bertz CT molecular complexity index is 761. The van der Waals surface area contributed by atoms with E-state index < -0.39 is 0 Å². The summed E-state index contributed by atoms with van der Waals surface area (Å²) < 4.78 is 0. The molecule has 1 spiro atoms. The molecule has 2 aromatic rings. The lowest BCUT2D eigenvalue weighted by Gasteiger charge is -2.49. The molecule has 2 aliphatic heterocycles. The number of aromatic amines is 1. The first kappa shape index (κ1) is 17.3. The first-order chi connectivity index (χ1) is 12.6. The van der Waals surface area contributed by atoms with Crippen molar-refractivity contribution in [3.63, 3.8) is 0 Å². The van der Waals surface area contributed by atoms with Gasteiger partial charge in [0.1, 0.15) is 5.69 Å². The molecule has 4 rings (SSSR count). The zero-order chi connectivity index (χ0) is 18.1. The molecule has 5 nitrogen and oxygen atoms in total. The van der Waals surface area contributed by atoms with Crippen LogP contribution in [0.1, 0.15) is 46.9 Å². The Hall–Kier alpha value is -2.14. The third-order valence-electron chi connectivity index (χ3n) is 6.23. The summed E-state index contributed by atoms with van der Waals surface area (Å²) in [4.78, 5) is 24.4. The first-order valence-corrected chi connectivity index (χ1v) is 9.59. The van der Waals surface area contributed by atoms with Gasteiger partial charge in [0.15, 0.2) is 0 Å². The Morgan fingerprint density at radius 1 is 1.23 bits per heavy atom. The quantitative estimate of drug-likeness (QED) is 0.904. The van der Waals surface area contributed by atoms with Crippen molar-refractivity contribution in [2.24, 2.45) is 5.41 Å². The minimum absolute atomic E-state index is 0.0716. The van der Waals surface area contributed by atoms with Crippen molar-refractivity contribution >= 4 is 5.91 Å². The van der Waals surface area contributed by atoms with Gasteiger partial charge >= 0.3 is 0 Å². The molecule has 2 saturated heterocycles. The van der Waals surface area contributed by atoms with Crippen LogP contribution in [0, 0.1) is 12.3 Å².